The van der Waals surface area contributed by atoms with E-state index in [0.717, 1.165) is 6.42 Å². The van der Waals surface area contributed by atoms with Gasteiger partial charge in [0.15, 0.2) is 0 Å². The Morgan fingerprint density at radius 2 is 1.33 bits per heavy atom. The Labute approximate surface area is 184 Å². The molecule has 0 radical (unpaired) electrons. The minimum Gasteiger partial charge on any atom is -0.0588 e. The van der Waals surface area contributed by atoms with E-state index in [1.54, 1.807) is 0 Å². The maximum Gasteiger partial charge on any atom is 0.0212 e. The molecule has 0 amide bonds. The van der Waals surface area contributed by atoms with Crippen molar-refractivity contribution in [2.75, 3.05) is 0 Å². The fourth-order valence-corrected chi connectivity index (χ4v) is 4.73. The highest BCUT2D eigenvalue weighted by molar-refractivity contribution is 14.1. The minimum atomic E-state index is 0.987. The number of rotatable bonds is 3. The van der Waals surface area contributed by atoms with E-state index in [1.165, 1.54) is 44.1 Å². The van der Waals surface area contributed by atoms with Crippen molar-refractivity contribution in [1.29, 1.82) is 0 Å². The monoisotopic (exact) mass is 650 g/mol. The van der Waals surface area contributed by atoms with Gasteiger partial charge in [-0.1, -0.05) is 30.3 Å². The molecule has 0 aliphatic rings. The molecular formula is C21H17I3. The first-order chi connectivity index (χ1) is 11.4. The second-order valence-corrected chi connectivity index (χ2v) is 9.60. The standard InChI is InChI=1S/C21H17I3/c1-13-3-4-15(9-14(13)2)10-16-5-7-18(21(24)11-16)19-12-17(22)6-8-20(19)23/h3-9,11-12H,10H2,1-2H3. The smallest absolute Gasteiger partial charge is 0.0212 e. The zero-order chi connectivity index (χ0) is 17.3. The van der Waals surface area contributed by atoms with Crippen LogP contribution in [0.2, 0.25) is 0 Å². The number of halogens is 3. The van der Waals surface area contributed by atoms with Crippen molar-refractivity contribution in [2.45, 2.75) is 20.3 Å². The van der Waals surface area contributed by atoms with Gasteiger partial charge in [-0.05, 0) is 146 Å². The summed E-state index contributed by atoms with van der Waals surface area (Å²) in [6, 6.07) is 20.2. The Kier molecular flexibility index (Phi) is 6.24. The van der Waals surface area contributed by atoms with Crippen molar-refractivity contribution in [2.24, 2.45) is 0 Å². The molecule has 0 aromatic heterocycles. The molecule has 3 rings (SSSR count). The van der Waals surface area contributed by atoms with Gasteiger partial charge in [0, 0.05) is 10.7 Å². The van der Waals surface area contributed by atoms with Gasteiger partial charge in [-0.3, -0.25) is 0 Å². The fraction of sp³-hybridized carbons (Fsp3) is 0.143. The summed E-state index contributed by atoms with van der Waals surface area (Å²) in [6.45, 7) is 4.35. The molecule has 0 N–H and O–H groups in total. The summed E-state index contributed by atoms with van der Waals surface area (Å²) in [4.78, 5) is 0. The lowest BCUT2D eigenvalue weighted by atomic mass is 9.98. The summed E-state index contributed by atoms with van der Waals surface area (Å²) in [7, 11) is 0. The molecule has 0 saturated carbocycles. The molecule has 3 aromatic carbocycles. The van der Waals surface area contributed by atoms with Crippen molar-refractivity contribution in [3.8, 4) is 11.1 Å². The van der Waals surface area contributed by atoms with Crippen LogP contribution in [-0.2, 0) is 6.42 Å². The maximum absolute atomic E-state index is 2.47. The first kappa shape index (κ1) is 18.6. The van der Waals surface area contributed by atoms with Crippen molar-refractivity contribution < 1.29 is 0 Å². The third kappa shape index (κ3) is 4.33. The van der Waals surface area contributed by atoms with Crippen LogP contribution in [0.1, 0.15) is 22.3 Å². The molecule has 0 bridgehead atoms. The molecule has 122 valence electrons. The van der Waals surface area contributed by atoms with Crippen molar-refractivity contribution in [1.82, 2.24) is 0 Å². The highest BCUT2D eigenvalue weighted by atomic mass is 127. The maximum atomic E-state index is 2.47. The summed E-state index contributed by atoms with van der Waals surface area (Å²) < 4.78 is 3.89. The normalized spacial score (nSPS) is 10.9. The molecule has 24 heavy (non-hydrogen) atoms. The van der Waals surface area contributed by atoms with Gasteiger partial charge in [-0.15, -0.1) is 0 Å². The summed E-state index contributed by atoms with van der Waals surface area (Å²) in [5.74, 6) is 0. The Balaban J connectivity index is 1.92. The molecule has 0 fully saturated rings. The van der Waals surface area contributed by atoms with Crippen LogP contribution in [-0.4, -0.2) is 0 Å². The van der Waals surface area contributed by atoms with Crippen LogP contribution in [0.3, 0.4) is 0 Å². The minimum absolute atomic E-state index is 0.987. The van der Waals surface area contributed by atoms with Gasteiger partial charge in [0.05, 0.1) is 0 Å². The fourth-order valence-electron chi connectivity index (χ4n) is 2.74. The van der Waals surface area contributed by atoms with Crippen molar-refractivity contribution >= 4 is 67.8 Å². The predicted molar refractivity (Wildman–Crippen MR) is 129 cm³/mol. The van der Waals surface area contributed by atoms with E-state index in [9.17, 15) is 0 Å². The molecule has 0 saturated heterocycles. The van der Waals surface area contributed by atoms with E-state index in [4.69, 9.17) is 0 Å². The molecule has 0 aliphatic carbocycles. The van der Waals surface area contributed by atoms with Gasteiger partial charge in [0.1, 0.15) is 0 Å². The summed E-state index contributed by atoms with van der Waals surface area (Å²) in [5, 5.41) is 0. The second kappa shape index (κ2) is 8.03. The van der Waals surface area contributed by atoms with Gasteiger partial charge in [0.2, 0.25) is 0 Å². The van der Waals surface area contributed by atoms with Crippen LogP contribution < -0.4 is 0 Å². The third-order valence-corrected chi connectivity index (χ3v) is 6.74. The topological polar surface area (TPSA) is 0 Å². The molecule has 3 heteroatoms. The number of benzene rings is 3. The zero-order valence-electron chi connectivity index (χ0n) is 13.5. The molecule has 0 atom stereocenters. The highest BCUT2D eigenvalue weighted by Gasteiger charge is 2.09. The van der Waals surface area contributed by atoms with Gasteiger partial charge in [0.25, 0.3) is 0 Å². The highest BCUT2D eigenvalue weighted by Crippen LogP contribution is 2.31. The number of aryl methyl sites for hydroxylation is 2. The molecule has 0 unspecified atom stereocenters. The van der Waals surface area contributed by atoms with Crippen LogP contribution in [0, 0.1) is 24.6 Å². The van der Waals surface area contributed by atoms with Gasteiger partial charge < -0.3 is 0 Å². The lowest BCUT2D eigenvalue weighted by Gasteiger charge is -2.11. The van der Waals surface area contributed by atoms with E-state index in [-0.39, 0.29) is 0 Å². The van der Waals surface area contributed by atoms with Crippen LogP contribution >= 0.6 is 67.8 Å². The van der Waals surface area contributed by atoms with Crippen molar-refractivity contribution in [3.63, 3.8) is 0 Å². The van der Waals surface area contributed by atoms with E-state index < -0.39 is 0 Å². The first-order valence-corrected chi connectivity index (χ1v) is 11.0. The Morgan fingerprint density at radius 1 is 0.625 bits per heavy atom. The lowest BCUT2D eigenvalue weighted by Crippen LogP contribution is -1.94. The third-order valence-electron chi connectivity index (χ3n) is 4.23. The van der Waals surface area contributed by atoms with E-state index in [1.807, 2.05) is 0 Å². The summed E-state index contributed by atoms with van der Waals surface area (Å²) in [6.07, 6.45) is 0.987. The van der Waals surface area contributed by atoms with Gasteiger partial charge in [-0.2, -0.15) is 0 Å². The van der Waals surface area contributed by atoms with E-state index in [0.29, 0.717) is 0 Å². The molecule has 0 heterocycles. The van der Waals surface area contributed by atoms with E-state index in [2.05, 4.69) is 136 Å². The summed E-state index contributed by atoms with van der Waals surface area (Å²) in [5.41, 5.74) is 8.12. The Morgan fingerprint density at radius 3 is 2.04 bits per heavy atom. The predicted octanol–water partition coefficient (Wildman–Crippen LogP) is 7.38. The molecule has 0 nitrogen and oxygen atoms in total. The average Bonchev–Trinajstić information content (AvgIpc) is 2.54. The number of hydrogen-bond donors (Lipinski definition) is 0. The van der Waals surface area contributed by atoms with Gasteiger partial charge >= 0.3 is 0 Å². The second-order valence-electron chi connectivity index (χ2n) is 6.03. The SMILES string of the molecule is Cc1ccc(Cc2ccc(-c3cc(I)ccc3I)c(I)c2)cc1C. The summed E-state index contributed by atoms with van der Waals surface area (Å²) >= 11 is 7.27. The first-order valence-electron chi connectivity index (χ1n) is 7.74. The Hall–Kier alpha value is -0.150. The largest absolute Gasteiger partial charge is 0.0588 e. The van der Waals surface area contributed by atoms with Crippen LogP contribution in [0.25, 0.3) is 11.1 Å². The average molecular weight is 650 g/mol. The van der Waals surface area contributed by atoms with Crippen LogP contribution in [0.5, 0.6) is 0 Å². The lowest BCUT2D eigenvalue weighted by molar-refractivity contribution is 1.16. The Bertz CT molecular complexity index is 898. The van der Waals surface area contributed by atoms with Crippen molar-refractivity contribution in [3.05, 3.63) is 87.6 Å². The van der Waals surface area contributed by atoms with Crippen LogP contribution in [0.4, 0.5) is 0 Å². The molecule has 0 spiro atoms. The van der Waals surface area contributed by atoms with E-state index >= 15 is 0 Å². The quantitative estimate of drug-likeness (QED) is 0.260. The zero-order valence-corrected chi connectivity index (χ0v) is 20.0. The molecular weight excluding hydrogens is 633 g/mol. The molecule has 3 aromatic rings. The van der Waals surface area contributed by atoms with Crippen LogP contribution in [0.15, 0.2) is 54.6 Å². The molecule has 0 aliphatic heterocycles. The van der Waals surface area contributed by atoms with Gasteiger partial charge in [-0.25, -0.2) is 0 Å². The number of hydrogen-bond acceptors (Lipinski definition) is 0.